The van der Waals surface area contributed by atoms with E-state index in [9.17, 15) is 9.18 Å². The molecular weight excluding hydrogens is 305 g/mol. The maximum atomic E-state index is 14.1. The van der Waals surface area contributed by atoms with Gasteiger partial charge >= 0.3 is 0 Å². The second-order valence-electron chi connectivity index (χ2n) is 6.41. The van der Waals surface area contributed by atoms with Gasteiger partial charge in [0.15, 0.2) is 0 Å². The van der Waals surface area contributed by atoms with Gasteiger partial charge in [0, 0.05) is 25.0 Å². The summed E-state index contributed by atoms with van der Waals surface area (Å²) in [6.07, 6.45) is 4.63. The zero-order valence-corrected chi connectivity index (χ0v) is 14.0. The Morgan fingerprint density at radius 3 is 2.96 bits per heavy atom. The summed E-state index contributed by atoms with van der Waals surface area (Å²) in [4.78, 5) is 18.8. The van der Waals surface area contributed by atoms with Crippen LogP contribution in [0.3, 0.4) is 0 Å². The molecule has 1 aromatic heterocycles. The molecule has 5 heteroatoms. The van der Waals surface area contributed by atoms with Crippen LogP contribution in [0.1, 0.15) is 33.9 Å². The van der Waals surface area contributed by atoms with Crippen LogP contribution in [-0.4, -0.2) is 35.9 Å². The number of rotatable bonds is 4. The first kappa shape index (κ1) is 16.6. The highest BCUT2D eigenvalue weighted by atomic mass is 19.1. The van der Waals surface area contributed by atoms with E-state index < -0.39 is 5.82 Å². The summed E-state index contributed by atoms with van der Waals surface area (Å²) in [5, 5.41) is 2.90. The highest BCUT2D eigenvalue weighted by Gasteiger charge is 2.33. The second-order valence-corrected chi connectivity index (χ2v) is 6.41. The molecule has 2 heterocycles. The summed E-state index contributed by atoms with van der Waals surface area (Å²) in [5.41, 5.74) is 1.74. The van der Waals surface area contributed by atoms with Gasteiger partial charge in [-0.15, -0.1) is 0 Å². The molecule has 0 unspecified atom stereocenters. The first-order valence-corrected chi connectivity index (χ1v) is 8.21. The van der Waals surface area contributed by atoms with Crippen molar-refractivity contribution in [3.05, 3.63) is 65.2 Å². The predicted octanol–water partition coefficient (Wildman–Crippen LogP) is 2.95. The molecule has 1 fully saturated rings. The lowest BCUT2D eigenvalue weighted by molar-refractivity contribution is 0.0939. The Hall–Kier alpha value is -2.27. The molecule has 2 aromatic rings. The van der Waals surface area contributed by atoms with Crippen molar-refractivity contribution in [1.29, 1.82) is 0 Å². The van der Waals surface area contributed by atoms with Gasteiger partial charge in [0.1, 0.15) is 5.82 Å². The van der Waals surface area contributed by atoms with Gasteiger partial charge in [0.2, 0.25) is 0 Å². The standard InChI is InChI=1S/C19H22FN3O/c1-13-5-3-7-16(17(13)20)19(24)22-12-15-8-10-23(2)18(15)14-6-4-9-21-11-14/h3-7,9,11,15,18H,8,10,12H2,1-2H3,(H,22,24)/t15-,18-/m0/s1. The van der Waals surface area contributed by atoms with E-state index in [4.69, 9.17) is 0 Å². The summed E-state index contributed by atoms with van der Waals surface area (Å²) in [6.45, 7) is 3.16. The van der Waals surface area contributed by atoms with E-state index in [1.807, 2.05) is 12.3 Å². The van der Waals surface area contributed by atoms with Crippen molar-refractivity contribution >= 4 is 5.91 Å². The SMILES string of the molecule is Cc1cccc(C(=O)NC[C@@H]2CCN(C)[C@H]2c2cccnc2)c1F. The lowest BCUT2D eigenvalue weighted by Gasteiger charge is -2.25. The largest absolute Gasteiger partial charge is 0.352 e. The molecule has 1 amide bonds. The quantitative estimate of drug-likeness (QED) is 0.939. The Morgan fingerprint density at radius 1 is 1.38 bits per heavy atom. The van der Waals surface area contributed by atoms with Crippen LogP contribution in [0.15, 0.2) is 42.7 Å². The molecule has 2 atom stereocenters. The Morgan fingerprint density at radius 2 is 2.21 bits per heavy atom. The number of hydrogen-bond acceptors (Lipinski definition) is 3. The Labute approximate surface area is 141 Å². The van der Waals surface area contributed by atoms with Gasteiger partial charge in [-0.05, 0) is 56.1 Å². The van der Waals surface area contributed by atoms with E-state index in [-0.39, 0.29) is 23.4 Å². The van der Waals surface area contributed by atoms with Crippen molar-refractivity contribution < 1.29 is 9.18 Å². The second kappa shape index (κ2) is 7.09. The third-order valence-electron chi connectivity index (χ3n) is 4.76. The lowest BCUT2D eigenvalue weighted by atomic mass is 9.94. The average molecular weight is 327 g/mol. The molecule has 0 aliphatic carbocycles. The molecule has 1 aromatic carbocycles. The molecule has 0 radical (unpaired) electrons. The molecule has 1 aliphatic rings. The molecule has 3 rings (SSSR count). The van der Waals surface area contributed by atoms with Crippen molar-refractivity contribution in [1.82, 2.24) is 15.2 Å². The van der Waals surface area contributed by atoms with Crippen molar-refractivity contribution in [3.8, 4) is 0 Å². The van der Waals surface area contributed by atoms with Crippen LogP contribution in [0.25, 0.3) is 0 Å². The zero-order valence-electron chi connectivity index (χ0n) is 14.0. The van der Waals surface area contributed by atoms with Gasteiger partial charge in [-0.25, -0.2) is 4.39 Å². The van der Waals surface area contributed by atoms with E-state index >= 15 is 0 Å². The molecule has 0 spiro atoms. The fraction of sp³-hybridized carbons (Fsp3) is 0.368. The van der Waals surface area contributed by atoms with Crippen LogP contribution < -0.4 is 5.32 Å². The minimum Gasteiger partial charge on any atom is -0.352 e. The van der Waals surface area contributed by atoms with Crippen LogP contribution >= 0.6 is 0 Å². The number of nitrogens with zero attached hydrogens (tertiary/aromatic N) is 2. The van der Waals surface area contributed by atoms with Gasteiger partial charge in [-0.2, -0.15) is 0 Å². The van der Waals surface area contributed by atoms with Crippen molar-refractivity contribution in [2.75, 3.05) is 20.1 Å². The third kappa shape index (κ3) is 3.31. The number of hydrogen-bond donors (Lipinski definition) is 1. The smallest absolute Gasteiger partial charge is 0.254 e. The highest BCUT2D eigenvalue weighted by molar-refractivity contribution is 5.94. The molecule has 0 saturated carbocycles. The summed E-state index contributed by atoms with van der Waals surface area (Å²) >= 11 is 0. The average Bonchev–Trinajstić information content (AvgIpc) is 2.96. The van der Waals surface area contributed by atoms with Crippen molar-refractivity contribution in [3.63, 3.8) is 0 Å². The number of amides is 1. The number of carbonyl (C=O) groups excluding carboxylic acids is 1. The maximum Gasteiger partial charge on any atom is 0.254 e. The molecule has 4 nitrogen and oxygen atoms in total. The first-order chi connectivity index (χ1) is 11.6. The molecule has 0 bridgehead atoms. The van der Waals surface area contributed by atoms with Crippen LogP contribution in [0, 0.1) is 18.7 Å². The molecule has 1 N–H and O–H groups in total. The maximum absolute atomic E-state index is 14.1. The topological polar surface area (TPSA) is 45.2 Å². The number of aromatic nitrogens is 1. The zero-order chi connectivity index (χ0) is 17.1. The Kier molecular flexibility index (Phi) is 4.90. The Balaban J connectivity index is 1.69. The minimum absolute atomic E-state index is 0.110. The number of nitrogens with one attached hydrogen (secondary N) is 1. The van der Waals surface area contributed by atoms with Crippen LogP contribution in [0.2, 0.25) is 0 Å². The van der Waals surface area contributed by atoms with Crippen LogP contribution in [0.4, 0.5) is 4.39 Å². The normalized spacial score (nSPS) is 21.0. The van der Waals surface area contributed by atoms with E-state index in [0.29, 0.717) is 12.1 Å². The molecular formula is C19H22FN3O. The van der Waals surface area contributed by atoms with Crippen molar-refractivity contribution in [2.24, 2.45) is 5.92 Å². The van der Waals surface area contributed by atoms with Gasteiger partial charge < -0.3 is 5.32 Å². The summed E-state index contributed by atoms with van der Waals surface area (Å²) in [7, 11) is 2.08. The van der Waals surface area contributed by atoms with E-state index in [1.165, 1.54) is 6.07 Å². The number of carbonyl (C=O) groups is 1. The summed E-state index contributed by atoms with van der Waals surface area (Å²) < 4.78 is 14.1. The van der Waals surface area contributed by atoms with E-state index in [0.717, 1.165) is 18.5 Å². The number of aryl methyl sites for hydroxylation is 1. The third-order valence-corrected chi connectivity index (χ3v) is 4.76. The fourth-order valence-corrected chi connectivity index (χ4v) is 3.46. The molecule has 1 saturated heterocycles. The molecule has 1 aliphatic heterocycles. The van der Waals surface area contributed by atoms with Crippen LogP contribution in [-0.2, 0) is 0 Å². The molecule has 126 valence electrons. The monoisotopic (exact) mass is 327 g/mol. The fourth-order valence-electron chi connectivity index (χ4n) is 3.46. The minimum atomic E-state index is -0.442. The number of likely N-dealkylation sites (tertiary alicyclic amines) is 1. The van der Waals surface area contributed by atoms with E-state index in [2.05, 4.69) is 28.3 Å². The summed E-state index contributed by atoms with van der Waals surface area (Å²) in [6, 6.07) is 9.11. The number of halogens is 1. The Bertz CT molecular complexity index is 720. The highest BCUT2D eigenvalue weighted by Crippen LogP contribution is 2.35. The van der Waals surface area contributed by atoms with Gasteiger partial charge in [0.05, 0.1) is 5.56 Å². The van der Waals surface area contributed by atoms with Crippen molar-refractivity contribution in [2.45, 2.75) is 19.4 Å². The number of pyridine rings is 1. The number of benzene rings is 1. The van der Waals surface area contributed by atoms with Crippen LogP contribution in [0.5, 0.6) is 0 Å². The lowest BCUT2D eigenvalue weighted by Crippen LogP contribution is -2.33. The summed E-state index contributed by atoms with van der Waals surface area (Å²) in [5.74, 6) is -0.506. The van der Waals surface area contributed by atoms with Gasteiger partial charge in [-0.1, -0.05) is 18.2 Å². The predicted molar refractivity (Wildman–Crippen MR) is 91.2 cm³/mol. The first-order valence-electron chi connectivity index (χ1n) is 8.21. The molecule has 24 heavy (non-hydrogen) atoms. The van der Waals surface area contributed by atoms with E-state index in [1.54, 1.807) is 25.3 Å². The van der Waals surface area contributed by atoms with Gasteiger partial charge in [0.25, 0.3) is 5.91 Å². The van der Waals surface area contributed by atoms with Gasteiger partial charge in [-0.3, -0.25) is 14.7 Å².